The Kier molecular flexibility index (Phi) is 7.99. The first-order valence-electron chi connectivity index (χ1n) is 14.8. The molecule has 0 spiro atoms. The van der Waals surface area contributed by atoms with Gasteiger partial charge in [0.15, 0.2) is 0 Å². The van der Waals surface area contributed by atoms with Crippen molar-refractivity contribution in [2.75, 3.05) is 60.4 Å². The van der Waals surface area contributed by atoms with Crippen molar-refractivity contribution in [2.45, 2.75) is 44.4 Å². The molecule has 1 aromatic carbocycles. The van der Waals surface area contributed by atoms with Crippen molar-refractivity contribution in [2.24, 2.45) is 5.92 Å². The number of carbonyl (C=O) groups excluding carboxylic acids is 1. The predicted octanol–water partition coefficient (Wildman–Crippen LogP) is 3.71. The number of nitrogens with zero attached hydrogens (tertiary/aromatic N) is 6. The van der Waals surface area contributed by atoms with Gasteiger partial charge in [0.2, 0.25) is 11.9 Å². The summed E-state index contributed by atoms with van der Waals surface area (Å²) in [6, 6.07) is 8.06. The minimum absolute atomic E-state index is 0.0511. The topological polar surface area (TPSA) is 121 Å². The van der Waals surface area contributed by atoms with Gasteiger partial charge in [-0.2, -0.15) is 4.98 Å². The van der Waals surface area contributed by atoms with Crippen LogP contribution in [-0.2, 0) is 19.4 Å². The van der Waals surface area contributed by atoms with Crippen LogP contribution in [0.5, 0.6) is 0 Å². The molecule has 3 atom stereocenters. The number of benzene rings is 1. The van der Waals surface area contributed by atoms with Crippen LogP contribution in [0.1, 0.15) is 37.8 Å². The van der Waals surface area contributed by atoms with Crippen molar-refractivity contribution in [3.05, 3.63) is 54.9 Å². The highest BCUT2D eigenvalue weighted by Gasteiger charge is 2.39. The second kappa shape index (κ2) is 11.7. The Balaban J connectivity index is 1.31. The van der Waals surface area contributed by atoms with Crippen LogP contribution < -0.4 is 15.1 Å². The lowest BCUT2D eigenvalue weighted by Gasteiger charge is -2.48. The quantitative estimate of drug-likeness (QED) is 0.362. The maximum atomic E-state index is 12.5. The second-order valence-electron chi connectivity index (χ2n) is 11.9. The van der Waals surface area contributed by atoms with E-state index in [1.54, 1.807) is 13.3 Å². The van der Waals surface area contributed by atoms with Gasteiger partial charge in [0.05, 0.1) is 17.9 Å². The normalized spacial score (nSPS) is 22.7. The third-order valence-corrected chi connectivity index (χ3v) is 10.2. The molecule has 2 aromatic heterocycles. The largest absolute Gasteiger partial charge is 0.381 e. The molecule has 3 saturated heterocycles. The van der Waals surface area contributed by atoms with Crippen LogP contribution >= 0.6 is 0 Å². The van der Waals surface area contributed by atoms with E-state index in [0.29, 0.717) is 30.7 Å². The van der Waals surface area contributed by atoms with E-state index in [-0.39, 0.29) is 35.8 Å². The summed E-state index contributed by atoms with van der Waals surface area (Å²) in [6.45, 7) is 8.78. The molecule has 1 N–H and O–H groups in total. The molecule has 3 aromatic rings. The molecule has 0 aliphatic carbocycles. The van der Waals surface area contributed by atoms with Crippen molar-refractivity contribution in [1.82, 2.24) is 19.9 Å². The number of pyridine rings is 1. The molecule has 1 amide bonds. The van der Waals surface area contributed by atoms with Gasteiger partial charge in [0, 0.05) is 75.0 Å². The van der Waals surface area contributed by atoms with Gasteiger partial charge in [-0.25, -0.2) is 18.4 Å². The molecule has 3 fully saturated rings. The molecule has 0 radical (unpaired) electrons. The van der Waals surface area contributed by atoms with Crippen molar-refractivity contribution in [3.63, 3.8) is 0 Å². The molecule has 6 rings (SSSR count). The van der Waals surface area contributed by atoms with E-state index in [0.717, 1.165) is 54.4 Å². The highest BCUT2D eigenvalue weighted by atomic mass is 32.2. The van der Waals surface area contributed by atoms with Gasteiger partial charge in [-0.15, -0.1) is 0 Å². The monoisotopic (exact) mass is 605 g/mol. The number of aromatic nitrogens is 3. The van der Waals surface area contributed by atoms with Crippen LogP contribution in [0, 0.1) is 5.92 Å². The van der Waals surface area contributed by atoms with E-state index < -0.39 is 9.84 Å². The fraction of sp³-hybridized carbons (Fsp3) is 0.484. The number of rotatable bonds is 9. The van der Waals surface area contributed by atoms with Gasteiger partial charge in [-0.3, -0.25) is 4.79 Å². The molecule has 228 valence electrons. The number of piperidine rings is 1. The van der Waals surface area contributed by atoms with Crippen molar-refractivity contribution in [3.8, 4) is 0 Å². The van der Waals surface area contributed by atoms with Crippen LogP contribution in [0.25, 0.3) is 10.8 Å². The number of methoxy groups -OCH3 is 1. The third-order valence-electron chi connectivity index (χ3n) is 9.14. The van der Waals surface area contributed by atoms with Crippen LogP contribution in [0.3, 0.4) is 0 Å². The van der Waals surface area contributed by atoms with Gasteiger partial charge in [-0.1, -0.05) is 12.6 Å². The summed E-state index contributed by atoms with van der Waals surface area (Å²) in [4.78, 5) is 32.8. The number of amides is 1. The molecule has 3 aliphatic heterocycles. The van der Waals surface area contributed by atoms with E-state index in [2.05, 4.69) is 45.7 Å². The standard InChI is InChI=1S/C31H39N7O4S/c1-5-30(39)37-15-11-27(37)23-6-7-26(38-18-21(20(38)2)19-43(4,40)41)25-17-33-29(16-24(23)25)34-28-8-12-32-31(35-28)36-13-9-22(42-3)10-14-36/h5-8,12,16-17,20-22,27H,1,9-11,13-15,18-19H2,2-4H3,(H,32,33,34,35)/t20-,21-,27-/m1/s1. The lowest BCUT2D eigenvalue weighted by atomic mass is 9.87. The van der Waals surface area contributed by atoms with E-state index in [1.165, 1.54) is 12.3 Å². The molecule has 11 nitrogen and oxygen atoms in total. The lowest BCUT2D eigenvalue weighted by Crippen LogP contribution is -2.57. The van der Waals surface area contributed by atoms with E-state index >= 15 is 0 Å². The van der Waals surface area contributed by atoms with Gasteiger partial charge >= 0.3 is 0 Å². The molecule has 0 bridgehead atoms. The summed E-state index contributed by atoms with van der Waals surface area (Å²) in [5.41, 5.74) is 2.07. The van der Waals surface area contributed by atoms with Crippen LogP contribution in [0.15, 0.2) is 49.3 Å². The minimum Gasteiger partial charge on any atom is -0.381 e. The average Bonchev–Trinajstić information content (AvgIpc) is 2.98. The minimum atomic E-state index is -3.06. The fourth-order valence-electron chi connectivity index (χ4n) is 6.53. The lowest BCUT2D eigenvalue weighted by molar-refractivity contribution is -0.133. The first-order valence-corrected chi connectivity index (χ1v) is 16.9. The zero-order valence-electron chi connectivity index (χ0n) is 24.9. The van der Waals surface area contributed by atoms with Crippen molar-refractivity contribution >= 4 is 49.8 Å². The van der Waals surface area contributed by atoms with Crippen LogP contribution in [0.2, 0.25) is 0 Å². The summed E-state index contributed by atoms with van der Waals surface area (Å²) >= 11 is 0. The third kappa shape index (κ3) is 5.90. The zero-order valence-corrected chi connectivity index (χ0v) is 25.8. The van der Waals surface area contributed by atoms with Gasteiger partial charge < -0.3 is 24.8 Å². The van der Waals surface area contributed by atoms with E-state index in [4.69, 9.17) is 14.7 Å². The van der Waals surface area contributed by atoms with Gasteiger partial charge in [-0.05, 0) is 61.4 Å². The Labute approximate surface area is 252 Å². The van der Waals surface area contributed by atoms with Crippen LogP contribution in [-0.4, -0.2) is 91.6 Å². The van der Waals surface area contributed by atoms with Crippen molar-refractivity contribution in [1.29, 1.82) is 0 Å². The molecule has 0 saturated carbocycles. The number of carbonyl (C=O) groups is 1. The number of sulfone groups is 1. The van der Waals surface area contributed by atoms with E-state index in [1.807, 2.05) is 23.2 Å². The van der Waals surface area contributed by atoms with Gasteiger partial charge in [0.25, 0.3) is 0 Å². The van der Waals surface area contributed by atoms with E-state index in [9.17, 15) is 13.2 Å². The Bertz CT molecular complexity index is 1640. The first-order chi connectivity index (χ1) is 20.6. The number of ether oxygens (including phenoxy) is 1. The number of fused-ring (bicyclic) bond motifs is 1. The smallest absolute Gasteiger partial charge is 0.246 e. The SMILES string of the molecule is C=CC(=O)N1CC[C@@H]1c1ccc(N2C[C@H](CS(C)(=O)=O)[C@H]2C)c2cnc(Nc3ccnc(N4CCC(OC)CC4)n3)cc12. The number of hydrogen-bond acceptors (Lipinski definition) is 10. The van der Waals surface area contributed by atoms with Gasteiger partial charge in [0.1, 0.15) is 21.5 Å². The Morgan fingerprint density at radius 3 is 2.56 bits per heavy atom. The molecule has 5 heterocycles. The number of likely N-dealkylation sites (tertiary alicyclic amines) is 1. The average molecular weight is 606 g/mol. The molecule has 43 heavy (non-hydrogen) atoms. The molecular formula is C31H39N7O4S. The molecule has 0 unspecified atom stereocenters. The summed E-state index contributed by atoms with van der Waals surface area (Å²) in [5.74, 6) is 2.14. The molecule has 12 heteroatoms. The molecular weight excluding hydrogens is 566 g/mol. The Morgan fingerprint density at radius 1 is 1.12 bits per heavy atom. The maximum absolute atomic E-state index is 12.5. The first kappa shape index (κ1) is 29.3. The Morgan fingerprint density at radius 2 is 1.91 bits per heavy atom. The number of anilines is 4. The summed E-state index contributed by atoms with van der Waals surface area (Å²) < 4.78 is 29.4. The summed E-state index contributed by atoms with van der Waals surface area (Å²) in [5, 5.41) is 5.33. The number of nitrogens with one attached hydrogen (secondary N) is 1. The zero-order chi connectivity index (χ0) is 30.3. The molecule has 3 aliphatic rings. The second-order valence-corrected chi connectivity index (χ2v) is 14.0. The summed E-state index contributed by atoms with van der Waals surface area (Å²) in [6.07, 6.45) is 9.29. The highest BCUT2D eigenvalue weighted by molar-refractivity contribution is 7.90. The van der Waals surface area contributed by atoms with Crippen LogP contribution in [0.4, 0.5) is 23.3 Å². The maximum Gasteiger partial charge on any atom is 0.246 e. The Hall–Kier alpha value is -3.77. The fourth-order valence-corrected chi connectivity index (χ4v) is 7.69. The number of hydrogen-bond donors (Lipinski definition) is 1. The predicted molar refractivity (Wildman–Crippen MR) is 169 cm³/mol. The summed E-state index contributed by atoms with van der Waals surface area (Å²) in [7, 11) is -1.30. The van der Waals surface area contributed by atoms with Crippen molar-refractivity contribution < 1.29 is 17.9 Å². The highest BCUT2D eigenvalue weighted by Crippen LogP contribution is 2.43.